The molecular weight excluding hydrogens is 350 g/mol. The van der Waals surface area contributed by atoms with Crippen LogP contribution in [0.3, 0.4) is 0 Å². The number of nitrogens with one attached hydrogen (secondary N) is 2. The van der Waals surface area contributed by atoms with Gasteiger partial charge in [-0.05, 0) is 46.8 Å². The Morgan fingerprint density at radius 1 is 1.23 bits per heavy atom. The predicted octanol–water partition coefficient (Wildman–Crippen LogP) is 2.09. The predicted molar refractivity (Wildman–Crippen MR) is 102 cm³/mol. The van der Waals surface area contributed by atoms with Crippen molar-refractivity contribution in [2.75, 3.05) is 5.75 Å². The lowest BCUT2D eigenvalue weighted by Crippen LogP contribution is -2.51. The molecule has 0 aliphatic heterocycles. The highest BCUT2D eigenvalue weighted by molar-refractivity contribution is 7.99. The summed E-state index contributed by atoms with van der Waals surface area (Å²) >= 11 is 1.27. The number of carbonyl (C=O) groups excluding carboxylic acids is 2. The number of rotatable bonds is 6. The van der Waals surface area contributed by atoms with E-state index in [2.05, 4.69) is 20.8 Å². The van der Waals surface area contributed by atoms with Crippen LogP contribution in [0.25, 0.3) is 5.69 Å². The molecule has 2 amide bonds. The lowest BCUT2D eigenvalue weighted by Gasteiger charge is -2.23. The number of amides is 2. The first-order chi connectivity index (χ1) is 12.2. The molecule has 7 nitrogen and oxygen atoms in total. The molecule has 0 fully saturated rings. The van der Waals surface area contributed by atoms with Gasteiger partial charge >= 0.3 is 0 Å². The van der Waals surface area contributed by atoms with Crippen molar-refractivity contribution in [3.8, 4) is 5.69 Å². The molecule has 1 aromatic carbocycles. The third-order valence-electron chi connectivity index (χ3n) is 3.43. The van der Waals surface area contributed by atoms with Crippen molar-refractivity contribution in [1.82, 2.24) is 25.4 Å². The maximum absolute atomic E-state index is 12.1. The Morgan fingerprint density at radius 3 is 2.50 bits per heavy atom. The van der Waals surface area contributed by atoms with Gasteiger partial charge in [-0.25, -0.2) is 0 Å². The Labute approximate surface area is 158 Å². The van der Waals surface area contributed by atoms with Crippen molar-refractivity contribution >= 4 is 23.6 Å². The molecule has 0 radical (unpaired) electrons. The van der Waals surface area contributed by atoms with E-state index in [-0.39, 0.29) is 23.1 Å². The summed E-state index contributed by atoms with van der Waals surface area (Å²) in [4.78, 5) is 24.2. The number of aryl methyl sites for hydroxylation is 1. The largest absolute Gasteiger partial charge is 0.350 e. The summed E-state index contributed by atoms with van der Waals surface area (Å²) in [6, 6.07) is 7.36. The monoisotopic (exact) mass is 375 g/mol. The molecule has 2 rings (SSSR count). The van der Waals surface area contributed by atoms with Crippen LogP contribution in [-0.2, 0) is 9.59 Å². The number of hydrogen-bond donors (Lipinski definition) is 2. The van der Waals surface area contributed by atoms with Crippen LogP contribution in [0.2, 0.25) is 0 Å². The Kier molecular flexibility index (Phi) is 6.42. The lowest BCUT2D eigenvalue weighted by atomic mass is 10.1. The van der Waals surface area contributed by atoms with E-state index in [1.54, 1.807) is 13.3 Å². The highest BCUT2D eigenvalue weighted by Crippen LogP contribution is 2.19. The molecule has 1 heterocycles. The zero-order valence-electron chi connectivity index (χ0n) is 15.7. The average Bonchev–Trinajstić information content (AvgIpc) is 3.00. The Bertz CT molecular complexity index is 765. The fourth-order valence-electron chi connectivity index (χ4n) is 2.16. The van der Waals surface area contributed by atoms with Crippen LogP contribution >= 0.6 is 11.8 Å². The maximum Gasteiger partial charge on any atom is 0.242 e. The van der Waals surface area contributed by atoms with E-state index in [0.29, 0.717) is 5.16 Å². The molecule has 0 saturated heterocycles. The topological polar surface area (TPSA) is 88.9 Å². The number of aromatic nitrogens is 3. The quantitative estimate of drug-likeness (QED) is 0.755. The second-order valence-electron chi connectivity index (χ2n) is 7.14. The fourth-order valence-corrected chi connectivity index (χ4v) is 2.90. The first-order valence-electron chi connectivity index (χ1n) is 8.37. The van der Waals surface area contributed by atoms with Crippen LogP contribution in [0.4, 0.5) is 0 Å². The van der Waals surface area contributed by atoms with Gasteiger partial charge in [0.25, 0.3) is 0 Å². The van der Waals surface area contributed by atoms with E-state index in [9.17, 15) is 9.59 Å². The lowest BCUT2D eigenvalue weighted by molar-refractivity contribution is -0.128. The second-order valence-corrected chi connectivity index (χ2v) is 8.08. The summed E-state index contributed by atoms with van der Waals surface area (Å²) in [6.07, 6.45) is 1.62. The van der Waals surface area contributed by atoms with Crippen molar-refractivity contribution in [1.29, 1.82) is 0 Å². The summed E-state index contributed by atoms with van der Waals surface area (Å²) < 4.78 is 1.83. The normalized spacial score (nSPS) is 12.5. The molecule has 26 heavy (non-hydrogen) atoms. The van der Waals surface area contributed by atoms with Gasteiger partial charge in [0, 0.05) is 11.2 Å². The summed E-state index contributed by atoms with van der Waals surface area (Å²) in [5, 5.41) is 14.2. The molecule has 8 heteroatoms. The number of thioether (sulfide) groups is 1. The van der Waals surface area contributed by atoms with E-state index < -0.39 is 6.04 Å². The van der Waals surface area contributed by atoms with Crippen molar-refractivity contribution in [3.05, 3.63) is 36.2 Å². The van der Waals surface area contributed by atoms with Crippen LogP contribution < -0.4 is 10.6 Å². The van der Waals surface area contributed by atoms with Gasteiger partial charge in [-0.1, -0.05) is 29.5 Å². The summed E-state index contributed by atoms with van der Waals surface area (Å²) in [7, 11) is 0. The minimum atomic E-state index is -0.600. The number of carbonyl (C=O) groups is 2. The molecule has 0 spiro atoms. The van der Waals surface area contributed by atoms with Gasteiger partial charge in [-0.3, -0.25) is 14.2 Å². The Hall–Kier alpha value is -2.35. The number of nitrogens with zero attached hydrogens (tertiary/aromatic N) is 3. The minimum Gasteiger partial charge on any atom is -0.350 e. The molecular formula is C18H25N5O2S. The van der Waals surface area contributed by atoms with Crippen LogP contribution in [0.1, 0.15) is 33.3 Å². The molecule has 0 bridgehead atoms. The van der Waals surface area contributed by atoms with Crippen molar-refractivity contribution < 1.29 is 9.59 Å². The maximum atomic E-state index is 12.1. The van der Waals surface area contributed by atoms with E-state index in [1.165, 1.54) is 11.8 Å². The molecule has 2 N–H and O–H groups in total. The minimum absolute atomic E-state index is 0.150. The summed E-state index contributed by atoms with van der Waals surface area (Å²) in [6.45, 7) is 9.37. The van der Waals surface area contributed by atoms with Gasteiger partial charge in [-0.15, -0.1) is 10.2 Å². The van der Waals surface area contributed by atoms with Gasteiger partial charge in [0.2, 0.25) is 11.8 Å². The van der Waals surface area contributed by atoms with E-state index >= 15 is 0 Å². The van der Waals surface area contributed by atoms with Crippen molar-refractivity contribution in [2.45, 2.75) is 51.4 Å². The molecule has 1 unspecified atom stereocenters. The molecule has 0 saturated carbocycles. The Balaban J connectivity index is 1.91. The standard InChI is InChI=1S/C18H25N5O2S/c1-12-6-8-14(9-7-12)23-11-19-22-17(23)26-10-15(24)20-13(2)16(25)21-18(3,4)5/h6-9,11,13H,10H2,1-5H3,(H,20,24)(H,21,25). The van der Waals surface area contributed by atoms with Gasteiger partial charge < -0.3 is 10.6 Å². The van der Waals surface area contributed by atoms with Crippen molar-refractivity contribution in [2.24, 2.45) is 0 Å². The van der Waals surface area contributed by atoms with Crippen LogP contribution in [0.15, 0.2) is 35.7 Å². The first-order valence-corrected chi connectivity index (χ1v) is 9.35. The third kappa shape index (κ3) is 5.87. The second kappa shape index (κ2) is 8.35. The van der Waals surface area contributed by atoms with Gasteiger partial charge in [0.05, 0.1) is 5.75 Å². The van der Waals surface area contributed by atoms with Crippen molar-refractivity contribution in [3.63, 3.8) is 0 Å². The highest BCUT2D eigenvalue weighted by atomic mass is 32.2. The van der Waals surface area contributed by atoms with Crippen LogP contribution in [0.5, 0.6) is 0 Å². The zero-order valence-corrected chi connectivity index (χ0v) is 16.6. The van der Waals surface area contributed by atoms with Gasteiger partial charge in [0.15, 0.2) is 5.16 Å². The van der Waals surface area contributed by atoms with E-state index in [4.69, 9.17) is 0 Å². The molecule has 1 atom stereocenters. The third-order valence-corrected chi connectivity index (χ3v) is 4.37. The van der Waals surface area contributed by atoms with E-state index in [1.807, 2.05) is 56.5 Å². The zero-order chi connectivity index (χ0) is 19.3. The smallest absolute Gasteiger partial charge is 0.242 e. The SMILES string of the molecule is Cc1ccc(-n2cnnc2SCC(=O)NC(C)C(=O)NC(C)(C)C)cc1. The summed E-state index contributed by atoms with van der Waals surface area (Å²) in [5.74, 6) is -0.291. The molecule has 1 aromatic heterocycles. The molecule has 2 aromatic rings. The molecule has 140 valence electrons. The molecule has 0 aliphatic rings. The first kappa shape index (κ1) is 20.0. The number of benzene rings is 1. The van der Waals surface area contributed by atoms with Crippen LogP contribution in [0, 0.1) is 6.92 Å². The Morgan fingerprint density at radius 2 is 1.88 bits per heavy atom. The van der Waals surface area contributed by atoms with Gasteiger partial charge in [-0.2, -0.15) is 0 Å². The molecule has 0 aliphatic carbocycles. The van der Waals surface area contributed by atoms with E-state index in [0.717, 1.165) is 11.3 Å². The number of hydrogen-bond acceptors (Lipinski definition) is 5. The highest BCUT2D eigenvalue weighted by Gasteiger charge is 2.21. The van der Waals surface area contributed by atoms with Gasteiger partial charge in [0.1, 0.15) is 12.4 Å². The summed E-state index contributed by atoms with van der Waals surface area (Å²) in [5.41, 5.74) is 1.76. The van der Waals surface area contributed by atoms with Crippen LogP contribution in [-0.4, -0.2) is 43.9 Å². The fraction of sp³-hybridized carbons (Fsp3) is 0.444. The average molecular weight is 375 g/mol.